The summed E-state index contributed by atoms with van der Waals surface area (Å²) in [7, 11) is 0. The van der Waals surface area contributed by atoms with Gasteiger partial charge in [-0.15, -0.1) is 0 Å². The van der Waals surface area contributed by atoms with E-state index in [9.17, 15) is 0 Å². The lowest BCUT2D eigenvalue weighted by molar-refractivity contribution is 0.197. The van der Waals surface area contributed by atoms with Crippen LogP contribution in [0.3, 0.4) is 0 Å². The van der Waals surface area contributed by atoms with E-state index in [0.717, 1.165) is 53.8 Å². The number of fused-ring (bicyclic) bond motifs is 1. The monoisotopic (exact) mass is 393 g/mol. The number of aromatic nitrogens is 3. The van der Waals surface area contributed by atoms with Crippen molar-refractivity contribution in [2.75, 3.05) is 18.0 Å². The van der Waals surface area contributed by atoms with Crippen molar-refractivity contribution < 1.29 is 0 Å². The maximum Gasteiger partial charge on any atom is 0.139 e. The van der Waals surface area contributed by atoms with E-state index < -0.39 is 0 Å². The zero-order valence-electron chi connectivity index (χ0n) is 15.8. The fourth-order valence-corrected chi connectivity index (χ4v) is 5.22. The molecule has 2 aliphatic rings. The van der Waals surface area contributed by atoms with E-state index in [-0.39, 0.29) is 0 Å². The minimum absolute atomic E-state index is 0.337. The van der Waals surface area contributed by atoms with Crippen LogP contribution in [0.1, 0.15) is 32.1 Å². The highest BCUT2D eigenvalue weighted by Crippen LogP contribution is 2.46. The second-order valence-corrected chi connectivity index (χ2v) is 8.58. The van der Waals surface area contributed by atoms with Crippen LogP contribution in [0.4, 0.5) is 5.82 Å². The molecule has 1 spiro atoms. The van der Waals surface area contributed by atoms with Gasteiger partial charge in [0.15, 0.2) is 0 Å². The van der Waals surface area contributed by atoms with Crippen LogP contribution in [0.25, 0.3) is 22.0 Å². The van der Waals surface area contributed by atoms with Crippen LogP contribution >= 0.6 is 11.6 Å². The lowest BCUT2D eigenvalue weighted by Gasteiger charge is -2.42. The fraction of sp³-hybridized carbons (Fsp3) is 0.409. The molecule has 0 radical (unpaired) electrons. The lowest BCUT2D eigenvalue weighted by atomic mass is 9.74. The Morgan fingerprint density at radius 1 is 1.11 bits per heavy atom. The number of rotatable bonds is 2. The molecule has 1 aliphatic carbocycles. The number of piperidine rings is 1. The quantitative estimate of drug-likeness (QED) is 0.696. The first kappa shape index (κ1) is 17.8. The van der Waals surface area contributed by atoms with Crippen molar-refractivity contribution in [2.45, 2.75) is 38.1 Å². The molecule has 2 N–H and O–H groups in total. The molecule has 3 aromatic rings. The molecule has 144 valence electrons. The van der Waals surface area contributed by atoms with Gasteiger partial charge >= 0.3 is 0 Å². The van der Waals surface area contributed by atoms with Gasteiger partial charge in [0, 0.05) is 42.1 Å². The smallest absolute Gasteiger partial charge is 0.139 e. The summed E-state index contributed by atoms with van der Waals surface area (Å²) in [6.45, 7) is 1.97. The fourth-order valence-electron chi connectivity index (χ4n) is 5.03. The summed E-state index contributed by atoms with van der Waals surface area (Å²) in [5.41, 5.74) is 9.70. The van der Waals surface area contributed by atoms with Gasteiger partial charge in [0.2, 0.25) is 0 Å². The van der Waals surface area contributed by atoms with E-state index in [0.29, 0.717) is 16.5 Å². The van der Waals surface area contributed by atoms with E-state index in [2.05, 4.69) is 14.9 Å². The molecule has 0 unspecified atom stereocenters. The van der Waals surface area contributed by atoms with Crippen molar-refractivity contribution in [1.29, 1.82) is 0 Å². The molecule has 1 atom stereocenters. The summed E-state index contributed by atoms with van der Waals surface area (Å²) in [5.74, 6) is 0.975. The maximum atomic E-state index is 6.45. The highest BCUT2D eigenvalue weighted by atomic mass is 35.5. The highest BCUT2D eigenvalue weighted by molar-refractivity contribution is 6.30. The molecule has 0 bridgehead atoms. The van der Waals surface area contributed by atoms with Gasteiger partial charge in [-0.25, -0.2) is 15.0 Å². The Labute approximate surface area is 170 Å². The van der Waals surface area contributed by atoms with Crippen LogP contribution in [-0.4, -0.2) is 34.1 Å². The average molecular weight is 394 g/mol. The third-order valence-corrected chi connectivity index (χ3v) is 6.93. The molecule has 28 heavy (non-hydrogen) atoms. The normalized spacial score (nSPS) is 21.5. The number of anilines is 1. The van der Waals surface area contributed by atoms with Crippen LogP contribution < -0.4 is 10.6 Å². The number of hydrogen-bond acceptors (Lipinski definition) is 5. The zero-order chi connectivity index (χ0) is 19.1. The third-order valence-electron chi connectivity index (χ3n) is 6.69. The number of halogens is 1. The van der Waals surface area contributed by atoms with Crippen LogP contribution in [0.15, 0.2) is 43.0 Å². The van der Waals surface area contributed by atoms with E-state index in [1.54, 1.807) is 6.33 Å². The maximum absolute atomic E-state index is 6.45. The van der Waals surface area contributed by atoms with Crippen molar-refractivity contribution in [3.63, 3.8) is 0 Å². The van der Waals surface area contributed by atoms with Crippen LogP contribution in [0.5, 0.6) is 0 Å². The number of hydrogen-bond donors (Lipinski definition) is 1. The molecule has 1 saturated heterocycles. The van der Waals surface area contributed by atoms with Crippen LogP contribution in [-0.2, 0) is 0 Å². The summed E-state index contributed by atoms with van der Waals surface area (Å²) in [4.78, 5) is 16.1. The number of benzene rings is 1. The van der Waals surface area contributed by atoms with Gasteiger partial charge in [-0.2, -0.15) is 0 Å². The summed E-state index contributed by atoms with van der Waals surface area (Å²) >= 11 is 6.20. The van der Waals surface area contributed by atoms with E-state index in [1.807, 2.05) is 36.7 Å². The third kappa shape index (κ3) is 2.93. The van der Waals surface area contributed by atoms with Crippen molar-refractivity contribution in [1.82, 2.24) is 15.0 Å². The first-order valence-electron chi connectivity index (χ1n) is 10.0. The Kier molecular flexibility index (Phi) is 4.44. The van der Waals surface area contributed by atoms with Crippen molar-refractivity contribution >= 4 is 28.3 Å². The van der Waals surface area contributed by atoms with Gasteiger partial charge in [-0.1, -0.05) is 30.2 Å². The number of nitrogens with zero attached hydrogens (tertiary/aromatic N) is 4. The standard InChI is InChI=1S/C22H24ClN5/c23-16-4-1-3-15(11-16)17-13-26-21(18-12-25-14-27-20(17)18)28-9-7-22(8-10-28)6-2-5-19(22)24/h1,3-4,11-14,19H,2,5-10,24H2/t19-/m1/s1. The van der Waals surface area contributed by atoms with Crippen molar-refractivity contribution in [3.05, 3.63) is 48.0 Å². The predicted octanol–water partition coefficient (Wildman–Crippen LogP) is 4.44. The van der Waals surface area contributed by atoms with Gasteiger partial charge < -0.3 is 10.6 Å². The second-order valence-electron chi connectivity index (χ2n) is 8.14. The molecule has 6 heteroatoms. The minimum atomic E-state index is 0.337. The molecule has 5 nitrogen and oxygen atoms in total. The first-order valence-corrected chi connectivity index (χ1v) is 10.4. The average Bonchev–Trinajstić information content (AvgIpc) is 3.07. The van der Waals surface area contributed by atoms with Gasteiger partial charge in [0.1, 0.15) is 12.1 Å². The topological polar surface area (TPSA) is 67.9 Å². The van der Waals surface area contributed by atoms with Gasteiger partial charge in [-0.3, -0.25) is 0 Å². The zero-order valence-corrected chi connectivity index (χ0v) is 16.6. The molecule has 5 rings (SSSR count). The summed E-state index contributed by atoms with van der Waals surface area (Å²) in [6, 6.07) is 8.17. The largest absolute Gasteiger partial charge is 0.356 e. The van der Waals surface area contributed by atoms with Crippen molar-refractivity contribution in [3.8, 4) is 11.1 Å². The summed E-state index contributed by atoms with van der Waals surface area (Å²) < 4.78 is 0. The SMILES string of the molecule is N[C@@H]1CCCC12CCN(c1ncc(-c3cccc(Cl)c3)c3ncncc13)CC2. The number of pyridine rings is 1. The molecular weight excluding hydrogens is 370 g/mol. The Morgan fingerprint density at radius 2 is 1.96 bits per heavy atom. The highest BCUT2D eigenvalue weighted by Gasteiger charge is 2.43. The Hall–Kier alpha value is -2.24. The lowest BCUT2D eigenvalue weighted by Crippen LogP contribution is -2.47. The van der Waals surface area contributed by atoms with Gasteiger partial charge in [0.05, 0.1) is 10.9 Å². The molecule has 2 fully saturated rings. The molecular formula is C22H24ClN5. The molecule has 3 heterocycles. The molecule has 2 aromatic heterocycles. The van der Waals surface area contributed by atoms with Crippen LogP contribution in [0.2, 0.25) is 5.02 Å². The first-order chi connectivity index (χ1) is 13.7. The Balaban J connectivity index is 1.51. The summed E-state index contributed by atoms with van der Waals surface area (Å²) in [5, 5.41) is 1.70. The predicted molar refractivity (Wildman–Crippen MR) is 113 cm³/mol. The Morgan fingerprint density at radius 3 is 2.71 bits per heavy atom. The van der Waals surface area contributed by atoms with Gasteiger partial charge in [-0.05, 0) is 48.8 Å². The van der Waals surface area contributed by atoms with E-state index in [4.69, 9.17) is 22.3 Å². The molecule has 0 amide bonds. The van der Waals surface area contributed by atoms with E-state index in [1.165, 1.54) is 19.3 Å². The van der Waals surface area contributed by atoms with Crippen LogP contribution in [0, 0.1) is 5.41 Å². The van der Waals surface area contributed by atoms with Crippen molar-refractivity contribution in [2.24, 2.45) is 11.1 Å². The molecule has 1 aliphatic heterocycles. The Bertz CT molecular complexity index is 1010. The minimum Gasteiger partial charge on any atom is -0.356 e. The van der Waals surface area contributed by atoms with E-state index >= 15 is 0 Å². The second kappa shape index (κ2) is 6.98. The van der Waals surface area contributed by atoms with Gasteiger partial charge in [0.25, 0.3) is 0 Å². The number of nitrogens with two attached hydrogens (primary N) is 1. The molecule has 1 saturated carbocycles. The summed E-state index contributed by atoms with van der Waals surface area (Å²) in [6.07, 6.45) is 11.4. The molecule has 1 aromatic carbocycles.